The highest BCUT2D eigenvalue weighted by atomic mass is 16.3. The van der Waals surface area contributed by atoms with Crippen LogP contribution in [0, 0.1) is 0 Å². The smallest absolute Gasteiger partial charge is 0.0702 e. The molecule has 2 nitrogen and oxygen atoms in total. The van der Waals surface area contributed by atoms with Gasteiger partial charge in [0.25, 0.3) is 0 Å². The van der Waals surface area contributed by atoms with Crippen LogP contribution in [0.2, 0.25) is 0 Å². The summed E-state index contributed by atoms with van der Waals surface area (Å²) in [5, 5.41) is 10.9. The average molecular weight is 227 g/mol. The lowest BCUT2D eigenvalue weighted by Crippen LogP contribution is -2.18. The Morgan fingerprint density at radius 3 is 2.94 bits per heavy atom. The number of aromatic nitrogens is 1. The third-order valence-corrected chi connectivity index (χ3v) is 3.73. The number of pyridine rings is 1. The predicted octanol–water partition coefficient (Wildman–Crippen LogP) is 3.25. The largest absolute Gasteiger partial charge is 0.393 e. The Morgan fingerprint density at radius 1 is 1.18 bits per heavy atom. The molecule has 2 aromatic rings. The third-order valence-electron chi connectivity index (χ3n) is 3.73. The molecule has 0 radical (unpaired) electrons. The number of aliphatic hydroxyl groups is 1. The van der Waals surface area contributed by atoms with Gasteiger partial charge in [0, 0.05) is 11.6 Å². The Balaban J connectivity index is 1.94. The Morgan fingerprint density at radius 2 is 2.06 bits per heavy atom. The van der Waals surface area contributed by atoms with Gasteiger partial charge in [-0.1, -0.05) is 24.6 Å². The van der Waals surface area contributed by atoms with Gasteiger partial charge in [0.15, 0.2) is 0 Å². The molecule has 17 heavy (non-hydrogen) atoms. The molecule has 88 valence electrons. The summed E-state index contributed by atoms with van der Waals surface area (Å²) in [7, 11) is 0. The van der Waals surface area contributed by atoms with Gasteiger partial charge in [0.05, 0.1) is 11.6 Å². The molecule has 1 fully saturated rings. The maximum atomic E-state index is 9.73. The number of fused-ring (bicyclic) bond motifs is 1. The van der Waals surface area contributed by atoms with Crippen molar-refractivity contribution in [3.8, 4) is 0 Å². The fourth-order valence-corrected chi connectivity index (χ4v) is 2.78. The molecule has 2 atom stereocenters. The second-order valence-corrected chi connectivity index (χ2v) is 4.98. The van der Waals surface area contributed by atoms with Crippen LogP contribution in [0.3, 0.4) is 0 Å². The molecule has 1 aromatic heterocycles. The number of para-hydroxylation sites is 1. The van der Waals surface area contributed by atoms with Gasteiger partial charge in [-0.05, 0) is 42.9 Å². The molecule has 0 bridgehead atoms. The molecule has 1 aliphatic carbocycles. The van der Waals surface area contributed by atoms with E-state index in [4.69, 9.17) is 0 Å². The van der Waals surface area contributed by atoms with E-state index in [-0.39, 0.29) is 6.10 Å². The molecular weight excluding hydrogens is 210 g/mol. The van der Waals surface area contributed by atoms with Crippen molar-refractivity contribution in [2.45, 2.75) is 37.7 Å². The van der Waals surface area contributed by atoms with Crippen molar-refractivity contribution in [2.24, 2.45) is 0 Å². The maximum Gasteiger partial charge on any atom is 0.0702 e. The minimum absolute atomic E-state index is 0.125. The highest BCUT2D eigenvalue weighted by Gasteiger charge is 2.21. The van der Waals surface area contributed by atoms with E-state index >= 15 is 0 Å². The Kier molecular flexibility index (Phi) is 2.81. The quantitative estimate of drug-likeness (QED) is 0.811. The summed E-state index contributed by atoms with van der Waals surface area (Å²) >= 11 is 0. The minimum atomic E-state index is -0.125. The summed E-state index contributed by atoms with van der Waals surface area (Å²) in [6.45, 7) is 0. The van der Waals surface area contributed by atoms with Crippen LogP contribution in [0.5, 0.6) is 0 Å². The van der Waals surface area contributed by atoms with E-state index in [9.17, 15) is 5.11 Å². The number of hydrogen-bond donors (Lipinski definition) is 1. The average Bonchev–Trinajstić information content (AvgIpc) is 2.38. The van der Waals surface area contributed by atoms with Crippen molar-refractivity contribution in [1.82, 2.24) is 4.98 Å². The van der Waals surface area contributed by atoms with Gasteiger partial charge in [-0.2, -0.15) is 0 Å². The molecule has 1 N–H and O–H groups in total. The van der Waals surface area contributed by atoms with Crippen LogP contribution in [0.1, 0.15) is 37.2 Å². The topological polar surface area (TPSA) is 33.1 Å². The highest BCUT2D eigenvalue weighted by molar-refractivity contribution is 5.78. The van der Waals surface area contributed by atoms with Gasteiger partial charge in [-0.15, -0.1) is 0 Å². The summed E-state index contributed by atoms with van der Waals surface area (Å²) in [5.74, 6) is 0.482. The van der Waals surface area contributed by atoms with Gasteiger partial charge < -0.3 is 5.11 Å². The van der Waals surface area contributed by atoms with Crippen LogP contribution >= 0.6 is 0 Å². The lowest BCUT2D eigenvalue weighted by molar-refractivity contribution is 0.119. The standard InChI is InChI=1S/C15H17NO/c17-14-6-3-5-11(9-14)13-8-12-4-1-2-7-15(12)16-10-13/h1-2,4,7-8,10-11,14,17H,3,5-6,9H2. The van der Waals surface area contributed by atoms with Gasteiger partial charge in [-0.3, -0.25) is 4.98 Å². The molecule has 2 heteroatoms. The van der Waals surface area contributed by atoms with Crippen LogP contribution < -0.4 is 0 Å². The molecule has 2 unspecified atom stereocenters. The zero-order chi connectivity index (χ0) is 11.7. The molecule has 1 aromatic carbocycles. The molecule has 3 rings (SSSR count). The van der Waals surface area contributed by atoms with Crippen LogP contribution in [-0.2, 0) is 0 Å². The summed E-state index contributed by atoms with van der Waals surface area (Å²) in [6, 6.07) is 10.4. The van der Waals surface area contributed by atoms with E-state index in [2.05, 4.69) is 17.1 Å². The third kappa shape index (κ3) is 2.18. The Hall–Kier alpha value is -1.41. The van der Waals surface area contributed by atoms with Gasteiger partial charge >= 0.3 is 0 Å². The minimum Gasteiger partial charge on any atom is -0.393 e. The summed E-state index contributed by atoms with van der Waals surface area (Å²) in [6.07, 6.45) is 6.00. The second-order valence-electron chi connectivity index (χ2n) is 4.98. The molecule has 0 aliphatic heterocycles. The van der Waals surface area contributed by atoms with E-state index in [1.807, 2.05) is 24.4 Å². The van der Waals surface area contributed by atoms with Crippen LogP contribution in [0.25, 0.3) is 10.9 Å². The van der Waals surface area contributed by atoms with Crippen LogP contribution in [0.15, 0.2) is 36.5 Å². The van der Waals surface area contributed by atoms with Crippen molar-refractivity contribution < 1.29 is 5.11 Å². The van der Waals surface area contributed by atoms with E-state index in [0.29, 0.717) is 5.92 Å². The zero-order valence-electron chi connectivity index (χ0n) is 9.84. The molecule has 0 spiro atoms. The fourth-order valence-electron chi connectivity index (χ4n) is 2.78. The Bertz CT molecular complexity index is 523. The van der Waals surface area contributed by atoms with Crippen molar-refractivity contribution in [3.05, 3.63) is 42.1 Å². The molecule has 1 heterocycles. The molecule has 0 amide bonds. The highest BCUT2D eigenvalue weighted by Crippen LogP contribution is 2.33. The first kappa shape index (κ1) is 10.7. The lowest BCUT2D eigenvalue weighted by Gasteiger charge is -2.26. The molecular formula is C15H17NO. The predicted molar refractivity (Wildman–Crippen MR) is 69.0 cm³/mol. The SMILES string of the molecule is OC1CCCC(c2cnc3ccccc3c2)C1. The monoisotopic (exact) mass is 227 g/mol. The Labute approximate surface area is 101 Å². The normalized spacial score (nSPS) is 25.0. The number of hydrogen-bond acceptors (Lipinski definition) is 2. The first-order valence-electron chi connectivity index (χ1n) is 6.36. The first-order valence-corrected chi connectivity index (χ1v) is 6.36. The fraction of sp³-hybridized carbons (Fsp3) is 0.400. The molecule has 1 saturated carbocycles. The van der Waals surface area contributed by atoms with Crippen LogP contribution in [-0.4, -0.2) is 16.2 Å². The van der Waals surface area contributed by atoms with Crippen molar-refractivity contribution in [1.29, 1.82) is 0 Å². The number of rotatable bonds is 1. The van der Waals surface area contributed by atoms with E-state index in [1.54, 1.807) is 0 Å². The van der Waals surface area contributed by atoms with Crippen molar-refractivity contribution in [3.63, 3.8) is 0 Å². The number of aliphatic hydroxyl groups excluding tert-OH is 1. The van der Waals surface area contributed by atoms with Gasteiger partial charge in [0.2, 0.25) is 0 Å². The van der Waals surface area contributed by atoms with Gasteiger partial charge in [0.1, 0.15) is 0 Å². The number of nitrogens with zero attached hydrogens (tertiary/aromatic N) is 1. The first-order chi connectivity index (χ1) is 8.33. The lowest BCUT2D eigenvalue weighted by atomic mass is 9.83. The summed E-state index contributed by atoms with van der Waals surface area (Å²) in [4.78, 5) is 4.50. The number of benzene rings is 1. The van der Waals surface area contributed by atoms with E-state index in [1.165, 1.54) is 17.4 Å². The van der Waals surface area contributed by atoms with E-state index < -0.39 is 0 Å². The maximum absolute atomic E-state index is 9.73. The van der Waals surface area contributed by atoms with Gasteiger partial charge in [-0.25, -0.2) is 0 Å². The second kappa shape index (κ2) is 4.46. The summed E-state index contributed by atoms with van der Waals surface area (Å²) in [5.41, 5.74) is 2.33. The van der Waals surface area contributed by atoms with Crippen molar-refractivity contribution in [2.75, 3.05) is 0 Å². The van der Waals surface area contributed by atoms with Crippen molar-refractivity contribution >= 4 is 10.9 Å². The zero-order valence-corrected chi connectivity index (χ0v) is 9.84. The molecule has 1 aliphatic rings. The summed E-state index contributed by atoms with van der Waals surface area (Å²) < 4.78 is 0. The molecule has 0 saturated heterocycles. The van der Waals surface area contributed by atoms with E-state index in [0.717, 1.165) is 24.8 Å². The van der Waals surface area contributed by atoms with Crippen LogP contribution in [0.4, 0.5) is 0 Å².